The van der Waals surface area contributed by atoms with Crippen molar-refractivity contribution in [2.24, 2.45) is 5.92 Å². The fourth-order valence-electron chi connectivity index (χ4n) is 4.40. The van der Waals surface area contributed by atoms with Crippen molar-refractivity contribution in [2.45, 2.75) is 63.6 Å². The van der Waals surface area contributed by atoms with Crippen molar-refractivity contribution in [3.63, 3.8) is 0 Å². The first-order valence-electron chi connectivity index (χ1n) is 9.64. The predicted octanol–water partition coefficient (Wildman–Crippen LogP) is 1.99. The summed E-state index contributed by atoms with van der Waals surface area (Å²) in [6.45, 7) is 2.50. The summed E-state index contributed by atoms with van der Waals surface area (Å²) >= 11 is 0. The quantitative estimate of drug-likeness (QED) is 0.908. The van der Waals surface area contributed by atoms with Gasteiger partial charge in [-0.2, -0.15) is 0 Å². The van der Waals surface area contributed by atoms with Crippen LogP contribution in [-0.4, -0.2) is 47.1 Å². The number of carbonyl (C=O) groups is 1. The summed E-state index contributed by atoms with van der Waals surface area (Å²) in [6.07, 6.45) is 9.33. The number of methoxy groups -OCH3 is 1. The van der Waals surface area contributed by atoms with E-state index in [0.29, 0.717) is 24.6 Å². The number of amides is 1. The minimum absolute atomic E-state index is 0.163. The molecule has 4 rings (SSSR count). The standard InChI is InChI=1S/C19H28N4O2/c1-25-15-6-4-13(5-7-15)19(24)23-10-8-16-14(12-23)11-21-18(22-16)17-3-2-9-20-17/h11,13,15,17,20H,2-10,12H2,1H3/t13?,15?,17-/m0/s1. The van der Waals surface area contributed by atoms with Crippen LogP contribution in [0.15, 0.2) is 6.20 Å². The van der Waals surface area contributed by atoms with E-state index in [2.05, 4.69) is 10.3 Å². The zero-order chi connectivity index (χ0) is 17.2. The first kappa shape index (κ1) is 16.9. The lowest BCUT2D eigenvalue weighted by atomic mass is 9.86. The molecule has 1 N–H and O–H groups in total. The highest BCUT2D eigenvalue weighted by Crippen LogP contribution is 2.29. The number of hydrogen-bond donors (Lipinski definition) is 1. The molecule has 2 fully saturated rings. The van der Waals surface area contributed by atoms with E-state index in [4.69, 9.17) is 9.72 Å². The zero-order valence-corrected chi connectivity index (χ0v) is 15.0. The molecule has 2 aliphatic heterocycles. The lowest BCUT2D eigenvalue weighted by Gasteiger charge is -2.34. The Hall–Kier alpha value is -1.53. The molecule has 1 aliphatic carbocycles. The largest absolute Gasteiger partial charge is 0.381 e. The molecule has 25 heavy (non-hydrogen) atoms. The normalized spacial score (nSPS) is 29.5. The SMILES string of the molecule is COC1CCC(C(=O)N2CCc3nc([C@@H]4CCCN4)ncc3C2)CC1. The molecule has 1 amide bonds. The molecule has 1 atom stereocenters. The molecule has 1 aromatic heterocycles. The Bertz CT molecular complexity index is 622. The molecule has 0 aromatic carbocycles. The molecule has 0 radical (unpaired) electrons. The van der Waals surface area contributed by atoms with Crippen LogP contribution < -0.4 is 5.32 Å². The van der Waals surface area contributed by atoms with Crippen molar-refractivity contribution in [2.75, 3.05) is 20.2 Å². The number of carbonyl (C=O) groups excluding carboxylic acids is 1. The molecule has 0 unspecified atom stereocenters. The third-order valence-corrected chi connectivity index (χ3v) is 5.99. The van der Waals surface area contributed by atoms with E-state index in [9.17, 15) is 4.79 Å². The highest BCUT2D eigenvalue weighted by atomic mass is 16.5. The smallest absolute Gasteiger partial charge is 0.225 e. The van der Waals surface area contributed by atoms with Gasteiger partial charge in [0.1, 0.15) is 5.82 Å². The minimum Gasteiger partial charge on any atom is -0.381 e. The van der Waals surface area contributed by atoms with Gasteiger partial charge in [0.05, 0.1) is 17.8 Å². The Morgan fingerprint density at radius 2 is 2.12 bits per heavy atom. The molecule has 6 heteroatoms. The number of nitrogens with one attached hydrogen (secondary N) is 1. The Morgan fingerprint density at radius 1 is 1.28 bits per heavy atom. The van der Waals surface area contributed by atoms with E-state index in [1.807, 2.05) is 11.1 Å². The van der Waals surface area contributed by atoms with Gasteiger partial charge in [-0.25, -0.2) is 9.97 Å². The van der Waals surface area contributed by atoms with Gasteiger partial charge in [-0.1, -0.05) is 0 Å². The summed E-state index contributed by atoms with van der Waals surface area (Å²) in [4.78, 5) is 24.2. The van der Waals surface area contributed by atoms with Gasteiger partial charge in [-0.05, 0) is 45.1 Å². The molecule has 1 aromatic rings. The number of ether oxygens (including phenoxy) is 1. The van der Waals surface area contributed by atoms with Crippen LogP contribution in [0.25, 0.3) is 0 Å². The fraction of sp³-hybridized carbons (Fsp3) is 0.737. The van der Waals surface area contributed by atoms with Gasteiger partial charge >= 0.3 is 0 Å². The first-order valence-corrected chi connectivity index (χ1v) is 9.64. The van der Waals surface area contributed by atoms with E-state index < -0.39 is 0 Å². The van der Waals surface area contributed by atoms with Gasteiger partial charge in [-0.15, -0.1) is 0 Å². The van der Waals surface area contributed by atoms with Gasteiger partial charge in [0, 0.05) is 44.3 Å². The van der Waals surface area contributed by atoms with Crippen LogP contribution in [0.3, 0.4) is 0 Å². The van der Waals surface area contributed by atoms with Crippen LogP contribution in [0.2, 0.25) is 0 Å². The molecule has 1 saturated carbocycles. The maximum atomic E-state index is 12.9. The second kappa shape index (κ2) is 7.38. The van der Waals surface area contributed by atoms with Crippen LogP contribution >= 0.6 is 0 Å². The summed E-state index contributed by atoms with van der Waals surface area (Å²) in [5, 5.41) is 3.46. The zero-order valence-electron chi connectivity index (χ0n) is 15.0. The van der Waals surface area contributed by atoms with E-state index in [1.54, 1.807) is 7.11 Å². The highest BCUT2D eigenvalue weighted by Gasteiger charge is 2.31. The van der Waals surface area contributed by atoms with Crippen molar-refractivity contribution >= 4 is 5.91 Å². The maximum absolute atomic E-state index is 12.9. The van der Waals surface area contributed by atoms with Crippen molar-refractivity contribution in [1.29, 1.82) is 0 Å². The molecule has 0 bridgehead atoms. The van der Waals surface area contributed by atoms with E-state index >= 15 is 0 Å². The van der Waals surface area contributed by atoms with E-state index in [-0.39, 0.29) is 5.92 Å². The van der Waals surface area contributed by atoms with Crippen molar-refractivity contribution in [3.8, 4) is 0 Å². The Kier molecular flexibility index (Phi) is 4.99. The Morgan fingerprint density at radius 3 is 2.84 bits per heavy atom. The van der Waals surface area contributed by atoms with Crippen molar-refractivity contribution in [3.05, 3.63) is 23.3 Å². The number of nitrogens with zero attached hydrogens (tertiary/aromatic N) is 3. The van der Waals surface area contributed by atoms with Crippen LogP contribution in [-0.2, 0) is 22.5 Å². The summed E-state index contributed by atoms with van der Waals surface area (Å²) in [5.74, 6) is 1.39. The molecule has 3 aliphatic rings. The summed E-state index contributed by atoms with van der Waals surface area (Å²) in [6, 6.07) is 0.306. The molecule has 1 saturated heterocycles. The summed E-state index contributed by atoms with van der Waals surface area (Å²) in [7, 11) is 1.77. The van der Waals surface area contributed by atoms with Gasteiger partial charge in [0.25, 0.3) is 0 Å². The monoisotopic (exact) mass is 344 g/mol. The van der Waals surface area contributed by atoms with Crippen molar-refractivity contribution in [1.82, 2.24) is 20.2 Å². The lowest BCUT2D eigenvalue weighted by molar-refractivity contribution is -0.138. The second-order valence-electron chi connectivity index (χ2n) is 7.57. The van der Waals surface area contributed by atoms with Crippen LogP contribution in [0.4, 0.5) is 0 Å². The molecular formula is C19H28N4O2. The van der Waals surface area contributed by atoms with E-state index in [0.717, 1.165) is 68.7 Å². The molecular weight excluding hydrogens is 316 g/mol. The maximum Gasteiger partial charge on any atom is 0.225 e. The third kappa shape index (κ3) is 3.55. The molecule has 3 heterocycles. The van der Waals surface area contributed by atoms with E-state index in [1.165, 1.54) is 6.42 Å². The number of aromatic nitrogens is 2. The lowest BCUT2D eigenvalue weighted by Crippen LogP contribution is -2.41. The second-order valence-corrected chi connectivity index (χ2v) is 7.57. The van der Waals surface area contributed by atoms with Gasteiger partial charge in [0.15, 0.2) is 0 Å². The van der Waals surface area contributed by atoms with Gasteiger partial charge in [0.2, 0.25) is 5.91 Å². The average Bonchev–Trinajstić information content (AvgIpc) is 3.21. The number of hydrogen-bond acceptors (Lipinski definition) is 5. The van der Waals surface area contributed by atoms with Gasteiger partial charge in [-0.3, -0.25) is 4.79 Å². The third-order valence-electron chi connectivity index (χ3n) is 5.99. The van der Waals surface area contributed by atoms with Crippen LogP contribution in [0.1, 0.15) is 61.6 Å². The topological polar surface area (TPSA) is 67.3 Å². The van der Waals surface area contributed by atoms with Crippen molar-refractivity contribution < 1.29 is 9.53 Å². The van der Waals surface area contributed by atoms with Crippen LogP contribution in [0, 0.1) is 5.92 Å². The summed E-state index contributed by atoms with van der Waals surface area (Å²) < 4.78 is 5.42. The Labute approximate surface area is 149 Å². The highest BCUT2D eigenvalue weighted by molar-refractivity contribution is 5.79. The molecule has 0 spiro atoms. The Balaban J connectivity index is 1.40. The molecule has 6 nitrogen and oxygen atoms in total. The fourth-order valence-corrected chi connectivity index (χ4v) is 4.40. The number of rotatable bonds is 3. The minimum atomic E-state index is 0.163. The first-order chi connectivity index (χ1) is 12.2. The average molecular weight is 344 g/mol. The predicted molar refractivity (Wildman–Crippen MR) is 93.9 cm³/mol. The molecule has 136 valence electrons. The van der Waals surface area contributed by atoms with Crippen LogP contribution in [0.5, 0.6) is 0 Å². The van der Waals surface area contributed by atoms with Gasteiger partial charge < -0.3 is 15.0 Å². The summed E-state index contributed by atoms with van der Waals surface area (Å²) in [5.41, 5.74) is 2.25. The number of fused-ring (bicyclic) bond motifs is 1.